The molecule has 0 saturated heterocycles. The number of ether oxygens (including phenoxy) is 4. The molecule has 1 rings (SSSR count). The summed E-state index contributed by atoms with van der Waals surface area (Å²) in [6.45, 7) is 3.43. The first-order valence-corrected chi connectivity index (χ1v) is 6.76. The maximum Gasteiger partial charge on any atom is 0.377 e. The molecular weight excluding hydrogens is 312 g/mol. The molecule has 6 nitrogen and oxygen atoms in total. The smallest absolute Gasteiger partial charge is 0.377 e. The van der Waals surface area contributed by atoms with E-state index in [0.717, 1.165) is 6.26 Å². The van der Waals surface area contributed by atoms with Crippen LogP contribution in [0.2, 0.25) is 5.02 Å². The molecule has 0 saturated carbocycles. The Morgan fingerprint density at radius 1 is 1.23 bits per heavy atom. The molecule has 0 N–H and O–H groups in total. The zero-order chi connectivity index (χ0) is 16.7. The van der Waals surface area contributed by atoms with Crippen LogP contribution in [0.15, 0.2) is 30.2 Å². The molecule has 0 aliphatic rings. The summed E-state index contributed by atoms with van der Waals surface area (Å²) in [7, 11) is 2.55. The van der Waals surface area contributed by atoms with Gasteiger partial charge in [-0.1, -0.05) is 11.6 Å². The number of carbonyl (C=O) groups is 2. The Balaban J connectivity index is 3.15. The van der Waals surface area contributed by atoms with Crippen molar-refractivity contribution in [3.8, 4) is 5.75 Å². The van der Waals surface area contributed by atoms with Crippen LogP contribution in [0.5, 0.6) is 5.75 Å². The second kappa shape index (κ2) is 8.29. The fourth-order valence-electron chi connectivity index (χ4n) is 1.47. The third-order valence-electron chi connectivity index (χ3n) is 2.34. The van der Waals surface area contributed by atoms with Crippen molar-refractivity contribution in [2.24, 2.45) is 0 Å². The number of methoxy groups -OCH3 is 2. The van der Waals surface area contributed by atoms with E-state index in [1.807, 2.05) is 0 Å². The Labute approximate surface area is 133 Å². The zero-order valence-corrected chi connectivity index (χ0v) is 13.5. The summed E-state index contributed by atoms with van der Waals surface area (Å²) in [6.07, 6.45) is 0.756. The van der Waals surface area contributed by atoms with Gasteiger partial charge in [-0.2, -0.15) is 0 Å². The van der Waals surface area contributed by atoms with E-state index >= 15 is 0 Å². The maximum absolute atomic E-state index is 12.1. The molecule has 0 heterocycles. The van der Waals surface area contributed by atoms with E-state index in [2.05, 4.69) is 4.74 Å². The van der Waals surface area contributed by atoms with Gasteiger partial charge in [-0.25, -0.2) is 9.59 Å². The van der Waals surface area contributed by atoms with E-state index in [4.69, 9.17) is 25.8 Å². The lowest BCUT2D eigenvalue weighted by molar-refractivity contribution is -0.138. The van der Waals surface area contributed by atoms with Crippen LogP contribution in [0.4, 0.5) is 0 Å². The highest BCUT2D eigenvalue weighted by Crippen LogP contribution is 2.26. The van der Waals surface area contributed by atoms with Crippen molar-refractivity contribution in [3.05, 3.63) is 40.8 Å². The van der Waals surface area contributed by atoms with E-state index in [1.54, 1.807) is 13.8 Å². The average molecular weight is 329 g/mol. The number of benzene rings is 1. The van der Waals surface area contributed by atoms with Crippen molar-refractivity contribution in [3.63, 3.8) is 0 Å². The standard InChI is InChI=1S/C15H17ClO6/c1-9(2)21-14(17)11-7-10(16)5-6-12(11)22-13(8-19-3)15(18)20-4/h5-9H,1-4H3. The molecule has 0 aliphatic carbocycles. The van der Waals surface area contributed by atoms with Gasteiger partial charge in [0.2, 0.25) is 5.76 Å². The summed E-state index contributed by atoms with van der Waals surface area (Å²) in [5.41, 5.74) is 0.0899. The van der Waals surface area contributed by atoms with Gasteiger partial charge in [-0.05, 0) is 32.0 Å². The Bertz CT molecular complexity index is 579. The highest BCUT2D eigenvalue weighted by molar-refractivity contribution is 6.31. The van der Waals surface area contributed by atoms with Crippen molar-refractivity contribution in [1.29, 1.82) is 0 Å². The van der Waals surface area contributed by atoms with Crippen LogP contribution in [0.25, 0.3) is 0 Å². The molecule has 0 unspecified atom stereocenters. The number of hydrogen-bond donors (Lipinski definition) is 0. The molecule has 22 heavy (non-hydrogen) atoms. The van der Waals surface area contributed by atoms with E-state index in [0.29, 0.717) is 5.02 Å². The third-order valence-corrected chi connectivity index (χ3v) is 2.57. The highest BCUT2D eigenvalue weighted by atomic mass is 35.5. The predicted molar refractivity (Wildman–Crippen MR) is 79.7 cm³/mol. The highest BCUT2D eigenvalue weighted by Gasteiger charge is 2.20. The summed E-state index contributed by atoms with van der Waals surface area (Å²) >= 11 is 5.89. The van der Waals surface area contributed by atoms with Gasteiger partial charge in [0.15, 0.2) is 0 Å². The number of rotatable bonds is 6. The molecular formula is C15H17ClO6. The van der Waals surface area contributed by atoms with Crippen molar-refractivity contribution in [2.75, 3.05) is 14.2 Å². The largest absolute Gasteiger partial charge is 0.500 e. The van der Waals surface area contributed by atoms with Gasteiger partial charge in [0.05, 0.1) is 20.3 Å². The van der Waals surface area contributed by atoms with Crippen LogP contribution in [0, 0.1) is 0 Å². The first-order chi connectivity index (χ1) is 10.4. The van der Waals surface area contributed by atoms with Crippen molar-refractivity contribution in [1.82, 2.24) is 0 Å². The lowest BCUT2D eigenvalue weighted by Crippen LogP contribution is -2.16. The van der Waals surface area contributed by atoms with Crippen LogP contribution < -0.4 is 4.74 Å². The quantitative estimate of drug-likeness (QED) is 0.454. The Morgan fingerprint density at radius 2 is 1.91 bits per heavy atom. The van der Waals surface area contributed by atoms with Crippen molar-refractivity contribution >= 4 is 23.5 Å². The zero-order valence-electron chi connectivity index (χ0n) is 12.7. The molecule has 0 aromatic heterocycles. The fourth-order valence-corrected chi connectivity index (χ4v) is 1.64. The molecule has 0 aliphatic heterocycles. The molecule has 1 aromatic rings. The molecule has 0 amide bonds. The van der Waals surface area contributed by atoms with Crippen LogP contribution >= 0.6 is 11.6 Å². The van der Waals surface area contributed by atoms with Crippen LogP contribution in [-0.2, 0) is 19.0 Å². The molecule has 120 valence electrons. The summed E-state index contributed by atoms with van der Waals surface area (Å²) in [4.78, 5) is 23.7. The summed E-state index contributed by atoms with van der Waals surface area (Å²) in [6, 6.07) is 4.36. The molecule has 7 heteroatoms. The molecule has 0 bridgehead atoms. The molecule has 0 radical (unpaired) electrons. The van der Waals surface area contributed by atoms with Crippen LogP contribution in [0.1, 0.15) is 24.2 Å². The molecule has 0 atom stereocenters. The Hall–Kier alpha value is -2.21. The third kappa shape index (κ3) is 4.96. The summed E-state index contributed by atoms with van der Waals surface area (Å²) < 4.78 is 19.8. The van der Waals surface area contributed by atoms with Gasteiger partial charge in [0.1, 0.15) is 17.6 Å². The topological polar surface area (TPSA) is 71.1 Å². The van der Waals surface area contributed by atoms with E-state index < -0.39 is 11.9 Å². The van der Waals surface area contributed by atoms with Gasteiger partial charge in [0.25, 0.3) is 0 Å². The second-order valence-electron chi connectivity index (χ2n) is 4.41. The first-order valence-electron chi connectivity index (χ1n) is 6.38. The van der Waals surface area contributed by atoms with Crippen LogP contribution in [-0.4, -0.2) is 32.3 Å². The normalized spacial score (nSPS) is 11.1. The van der Waals surface area contributed by atoms with Crippen molar-refractivity contribution in [2.45, 2.75) is 20.0 Å². The molecule has 0 fully saturated rings. The predicted octanol–water partition coefficient (Wildman–Crippen LogP) is 2.94. The summed E-state index contributed by atoms with van der Waals surface area (Å²) in [5.74, 6) is -1.48. The summed E-state index contributed by atoms with van der Waals surface area (Å²) in [5, 5.41) is 0.332. The minimum Gasteiger partial charge on any atom is -0.500 e. The second-order valence-corrected chi connectivity index (χ2v) is 4.84. The van der Waals surface area contributed by atoms with E-state index in [9.17, 15) is 9.59 Å². The number of esters is 2. The monoisotopic (exact) mass is 328 g/mol. The number of halogens is 1. The van der Waals surface area contributed by atoms with Gasteiger partial charge in [0, 0.05) is 5.02 Å². The maximum atomic E-state index is 12.1. The van der Waals surface area contributed by atoms with Gasteiger partial charge in [-0.15, -0.1) is 0 Å². The molecule has 1 aromatic carbocycles. The Morgan fingerprint density at radius 3 is 2.45 bits per heavy atom. The Kier molecular flexibility index (Phi) is 6.72. The lowest BCUT2D eigenvalue weighted by atomic mass is 10.2. The number of hydrogen-bond acceptors (Lipinski definition) is 6. The van der Waals surface area contributed by atoms with Crippen molar-refractivity contribution < 1.29 is 28.5 Å². The minimum absolute atomic E-state index is 0.0899. The molecule has 0 spiro atoms. The first kappa shape index (κ1) is 17.8. The number of carbonyl (C=O) groups excluding carboxylic acids is 2. The van der Waals surface area contributed by atoms with Crippen LogP contribution in [0.3, 0.4) is 0 Å². The SMILES string of the molecule is COC=C(Oc1ccc(Cl)cc1C(=O)OC(C)C)C(=O)OC. The minimum atomic E-state index is -0.750. The van der Waals surface area contributed by atoms with E-state index in [1.165, 1.54) is 32.4 Å². The average Bonchev–Trinajstić information content (AvgIpc) is 2.46. The lowest BCUT2D eigenvalue weighted by Gasteiger charge is -2.13. The van der Waals surface area contributed by atoms with Gasteiger partial charge >= 0.3 is 11.9 Å². The van der Waals surface area contributed by atoms with Gasteiger partial charge in [-0.3, -0.25) is 0 Å². The fraction of sp³-hybridized carbons (Fsp3) is 0.333. The van der Waals surface area contributed by atoms with E-state index in [-0.39, 0.29) is 23.2 Å². The van der Waals surface area contributed by atoms with Gasteiger partial charge < -0.3 is 18.9 Å².